The number of hydrogen-bond donors (Lipinski definition) is 1. The Balaban J connectivity index is 2.59. The molecule has 4 nitrogen and oxygen atoms in total. The van der Waals surface area contributed by atoms with Crippen molar-refractivity contribution in [3.05, 3.63) is 22.8 Å². The van der Waals surface area contributed by atoms with Crippen LogP contribution in [-0.4, -0.2) is 24.3 Å². The molecule has 0 saturated carbocycles. The van der Waals surface area contributed by atoms with Gasteiger partial charge in [-0.25, -0.2) is 4.98 Å². The number of ether oxygens (including phenoxy) is 2. The minimum Gasteiger partial charge on any atom is -0.472 e. The number of hydrogen-bond acceptors (Lipinski definition) is 4. The van der Waals surface area contributed by atoms with Crippen molar-refractivity contribution in [3.63, 3.8) is 0 Å². The van der Waals surface area contributed by atoms with Gasteiger partial charge in [0.15, 0.2) is 0 Å². The van der Waals surface area contributed by atoms with Gasteiger partial charge < -0.3 is 15.2 Å². The van der Waals surface area contributed by atoms with Crippen molar-refractivity contribution in [2.45, 2.75) is 26.5 Å². The highest BCUT2D eigenvalue weighted by Crippen LogP contribution is 2.18. The van der Waals surface area contributed by atoms with Crippen LogP contribution in [0.1, 0.15) is 19.5 Å². The molecule has 2 N–H and O–H groups in total. The van der Waals surface area contributed by atoms with Crippen molar-refractivity contribution in [3.8, 4) is 5.88 Å². The van der Waals surface area contributed by atoms with Gasteiger partial charge in [0.2, 0.25) is 5.88 Å². The molecule has 90 valence electrons. The summed E-state index contributed by atoms with van der Waals surface area (Å²) < 4.78 is 10.8. The second-order valence-corrected chi connectivity index (χ2v) is 3.78. The lowest BCUT2D eigenvalue weighted by atomic mass is 10.3. The largest absolute Gasteiger partial charge is 0.472 e. The normalized spacial score (nSPS) is 12.5. The predicted molar refractivity (Wildman–Crippen MR) is 63.7 cm³/mol. The van der Waals surface area contributed by atoms with Crippen LogP contribution in [0.5, 0.6) is 5.88 Å². The summed E-state index contributed by atoms with van der Waals surface area (Å²) in [6.45, 7) is 5.39. The van der Waals surface area contributed by atoms with Crippen molar-refractivity contribution in [2.75, 3.05) is 13.2 Å². The minimum atomic E-state index is -0.0424. The molecule has 0 aromatic carbocycles. The molecule has 1 aromatic rings. The Morgan fingerprint density at radius 2 is 2.25 bits per heavy atom. The highest BCUT2D eigenvalue weighted by atomic mass is 35.5. The van der Waals surface area contributed by atoms with E-state index in [1.165, 1.54) is 0 Å². The number of nitrogens with two attached hydrogens (primary N) is 1. The van der Waals surface area contributed by atoms with E-state index in [1.807, 2.05) is 13.8 Å². The summed E-state index contributed by atoms with van der Waals surface area (Å²) in [5.74, 6) is 0.525. The fourth-order valence-electron chi connectivity index (χ4n) is 1.20. The number of aromatic nitrogens is 1. The van der Waals surface area contributed by atoms with Crippen LogP contribution in [0.25, 0.3) is 0 Å². The summed E-state index contributed by atoms with van der Waals surface area (Å²) in [6, 6.07) is 3.46. The van der Waals surface area contributed by atoms with E-state index >= 15 is 0 Å². The monoisotopic (exact) mass is 244 g/mol. The van der Waals surface area contributed by atoms with Gasteiger partial charge >= 0.3 is 0 Å². The second kappa shape index (κ2) is 6.68. The van der Waals surface area contributed by atoms with E-state index in [0.717, 1.165) is 0 Å². The van der Waals surface area contributed by atoms with Gasteiger partial charge in [0.1, 0.15) is 6.10 Å². The standard InChI is InChI=1S/C11H17ClN2O2/c1-3-15-7-8(2)16-11-5-4-9(12)10(6-13)14-11/h4-5,8H,3,6-7,13H2,1-2H3. The quantitative estimate of drug-likeness (QED) is 0.832. The number of pyridine rings is 1. The maximum absolute atomic E-state index is 5.89. The molecule has 0 aliphatic carbocycles. The molecule has 0 aliphatic heterocycles. The molecule has 1 unspecified atom stereocenters. The van der Waals surface area contributed by atoms with Crippen molar-refractivity contribution in [1.29, 1.82) is 0 Å². The van der Waals surface area contributed by atoms with E-state index in [4.69, 9.17) is 26.8 Å². The van der Waals surface area contributed by atoms with Crippen LogP contribution in [0.3, 0.4) is 0 Å². The predicted octanol–water partition coefficient (Wildman–Crippen LogP) is 2.00. The van der Waals surface area contributed by atoms with Crippen LogP contribution in [0.2, 0.25) is 5.02 Å². The smallest absolute Gasteiger partial charge is 0.213 e. The molecule has 0 fully saturated rings. The summed E-state index contributed by atoms with van der Waals surface area (Å²) in [7, 11) is 0. The van der Waals surface area contributed by atoms with Crippen LogP contribution in [0.15, 0.2) is 12.1 Å². The van der Waals surface area contributed by atoms with Crippen LogP contribution >= 0.6 is 11.6 Å². The number of halogens is 1. The van der Waals surface area contributed by atoms with Gasteiger partial charge in [-0.1, -0.05) is 11.6 Å². The summed E-state index contributed by atoms with van der Waals surface area (Å²) in [5, 5.41) is 0.562. The zero-order valence-corrected chi connectivity index (χ0v) is 10.3. The van der Waals surface area contributed by atoms with Gasteiger partial charge in [-0.3, -0.25) is 0 Å². The van der Waals surface area contributed by atoms with Gasteiger partial charge in [0, 0.05) is 19.2 Å². The molecule has 5 heteroatoms. The summed E-state index contributed by atoms with van der Waals surface area (Å²) in [4.78, 5) is 4.20. The van der Waals surface area contributed by atoms with Gasteiger partial charge in [0.25, 0.3) is 0 Å². The zero-order valence-electron chi connectivity index (χ0n) is 9.57. The molecular formula is C11H17ClN2O2. The molecule has 0 aliphatic rings. The van der Waals surface area contributed by atoms with E-state index in [0.29, 0.717) is 36.4 Å². The summed E-state index contributed by atoms with van der Waals surface area (Å²) >= 11 is 5.89. The van der Waals surface area contributed by atoms with Crippen molar-refractivity contribution in [1.82, 2.24) is 4.98 Å². The molecule has 0 spiro atoms. The first kappa shape index (κ1) is 13.2. The summed E-state index contributed by atoms with van der Waals surface area (Å²) in [5.41, 5.74) is 6.14. The molecule has 0 bridgehead atoms. The minimum absolute atomic E-state index is 0.0424. The SMILES string of the molecule is CCOCC(C)Oc1ccc(Cl)c(CN)n1. The van der Waals surface area contributed by atoms with E-state index in [1.54, 1.807) is 12.1 Å². The highest BCUT2D eigenvalue weighted by Gasteiger charge is 2.07. The van der Waals surface area contributed by atoms with Gasteiger partial charge in [-0.05, 0) is 19.9 Å². The zero-order chi connectivity index (χ0) is 12.0. The first-order valence-electron chi connectivity index (χ1n) is 5.27. The lowest BCUT2D eigenvalue weighted by Gasteiger charge is -2.14. The third-order valence-electron chi connectivity index (χ3n) is 1.97. The highest BCUT2D eigenvalue weighted by molar-refractivity contribution is 6.31. The third-order valence-corrected chi connectivity index (χ3v) is 2.31. The molecular weight excluding hydrogens is 228 g/mol. The Morgan fingerprint density at radius 1 is 1.50 bits per heavy atom. The fraction of sp³-hybridized carbons (Fsp3) is 0.545. The molecule has 0 amide bonds. The molecule has 16 heavy (non-hydrogen) atoms. The molecule has 1 heterocycles. The fourth-order valence-corrected chi connectivity index (χ4v) is 1.38. The van der Waals surface area contributed by atoms with Crippen molar-refractivity contribution < 1.29 is 9.47 Å². The van der Waals surface area contributed by atoms with E-state index < -0.39 is 0 Å². The topological polar surface area (TPSA) is 57.4 Å². The molecule has 1 aromatic heterocycles. The molecule has 0 saturated heterocycles. The van der Waals surface area contributed by atoms with Crippen molar-refractivity contribution >= 4 is 11.6 Å². The van der Waals surface area contributed by atoms with E-state index in [2.05, 4.69) is 4.98 Å². The maximum Gasteiger partial charge on any atom is 0.213 e. The van der Waals surface area contributed by atoms with E-state index in [-0.39, 0.29) is 6.10 Å². The lowest BCUT2D eigenvalue weighted by Crippen LogP contribution is -2.20. The third kappa shape index (κ3) is 3.96. The molecule has 1 rings (SSSR count). The first-order valence-corrected chi connectivity index (χ1v) is 5.65. The summed E-state index contributed by atoms with van der Waals surface area (Å²) in [6.07, 6.45) is -0.0424. The van der Waals surface area contributed by atoms with Crippen LogP contribution in [-0.2, 0) is 11.3 Å². The van der Waals surface area contributed by atoms with Crippen LogP contribution in [0.4, 0.5) is 0 Å². The number of rotatable bonds is 6. The Morgan fingerprint density at radius 3 is 2.88 bits per heavy atom. The Kier molecular flexibility index (Phi) is 5.52. The second-order valence-electron chi connectivity index (χ2n) is 3.37. The van der Waals surface area contributed by atoms with Gasteiger partial charge in [-0.15, -0.1) is 0 Å². The first-order chi connectivity index (χ1) is 7.67. The lowest BCUT2D eigenvalue weighted by molar-refractivity contribution is 0.0632. The van der Waals surface area contributed by atoms with Gasteiger partial charge in [0.05, 0.1) is 17.3 Å². The van der Waals surface area contributed by atoms with Crippen molar-refractivity contribution in [2.24, 2.45) is 5.73 Å². The Bertz CT molecular complexity index is 334. The molecule has 0 radical (unpaired) electrons. The Labute approximate surface area is 101 Å². The van der Waals surface area contributed by atoms with Crippen LogP contribution in [0, 0.1) is 0 Å². The Hall–Kier alpha value is -0.840. The average Bonchev–Trinajstić information content (AvgIpc) is 2.29. The van der Waals surface area contributed by atoms with Crippen LogP contribution < -0.4 is 10.5 Å². The maximum atomic E-state index is 5.89. The van der Waals surface area contributed by atoms with E-state index in [9.17, 15) is 0 Å². The average molecular weight is 245 g/mol. The molecule has 1 atom stereocenters. The van der Waals surface area contributed by atoms with Gasteiger partial charge in [-0.2, -0.15) is 0 Å². The number of nitrogens with zero attached hydrogens (tertiary/aromatic N) is 1.